The van der Waals surface area contributed by atoms with E-state index in [-0.39, 0.29) is 64.7 Å². The summed E-state index contributed by atoms with van der Waals surface area (Å²) >= 11 is 2.75. The lowest BCUT2D eigenvalue weighted by atomic mass is 9.90. The molecule has 2 fully saturated rings. The maximum absolute atomic E-state index is 13.9. The third-order valence-corrected chi connectivity index (χ3v) is 16.7. The SMILES string of the molecule is C=CCOC(=O)N1C[C@@H](SC2=C(C(=O)OCc3ccc([N+](=O)[O-])cc3)N3C(=O)[C@@H]([C@H](CC)O[Si](C)(C)C(C)(C)C)[C@H]3S2)C[C@H]1C(=O)N(C)C. The Hall–Kier alpha value is -3.34. The zero-order chi connectivity index (χ0) is 36.4. The number of rotatable bonds is 13. The molecule has 0 spiro atoms. The largest absolute Gasteiger partial charge is 0.456 e. The van der Waals surface area contributed by atoms with Gasteiger partial charge in [-0.2, -0.15) is 0 Å². The molecule has 3 aliphatic heterocycles. The van der Waals surface area contributed by atoms with E-state index in [2.05, 4.69) is 40.4 Å². The number of thioether (sulfide) groups is 2. The van der Waals surface area contributed by atoms with E-state index in [0.29, 0.717) is 22.6 Å². The summed E-state index contributed by atoms with van der Waals surface area (Å²) in [6, 6.07) is 4.93. The molecule has 3 aliphatic rings. The van der Waals surface area contributed by atoms with E-state index in [1.165, 1.54) is 68.6 Å². The number of likely N-dealkylation sites (N-methyl/N-ethyl adjacent to an activating group) is 1. The highest BCUT2D eigenvalue weighted by atomic mass is 32.2. The first kappa shape index (κ1) is 38.5. The second-order valence-corrected chi connectivity index (χ2v) is 21.4. The van der Waals surface area contributed by atoms with Gasteiger partial charge in [-0.3, -0.25) is 29.5 Å². The highest BCUT2D eigenvalue weighted by Gasteiger charge is 2.60. The number of non-ortho nitro benzene ring substituents is 1. The van der Waals surface area contributed by atoms with E-state index in [1.807, 2.05) is 6.92 Å². The number of β-lactam (4-membered cyclic amide) rings is 1. The van der Waals surface area contributed by atoms with Gasteiger partial charge < -0.3 is 18.8 Å². The summed E-state index contributed by atoms with van der Waals surface area (Å²) in [6.07, 6.45) is 1.41. The predicted octanol–water partition coefficient (Wildman–Crippen LogP) is 5.73. The van der Waals surface area contributed by atoms with Crippen LogP contribution in [0.5, 0.6) is 0 Å². The minimum atomic E-state index is -2.23. The highest BCUT2D eigenvalue weighted by Crippen LogP contribution is 2.56. The van der Waals surface area contributed by atoms with Crippen LogP contribution in [0.3, 0.4) is 0 Å². The van der Waals surface area contributed by atoms with Gasteiger partial charge in [0.15, 0.2) is 14.0 Å². The molecule has 1 aromatic rings. The maximum Gasteiger partial charge on any atom is 0.410 e. The fourth-order valence-corrected chi connectivity index (χ4v) is 10.3. The van der Waals surface area contributed by atoms with Gasteiger partial charge in [-0.15, -0.1) is 11.8 Å². The minimum absolute atomic E-state index is 0.00253. The average molecular weight is 735 g/mol. The Morgan fingerprint density at radius 2 is 1.86 bits per heavy atom. The first-order valence-electron chi connectivity index (χ1n) is 16.2. The van der Waals surface area contributed by atoms with Gasteiger partial charge in [-0.1, -0.05) is 52.1 Å². The lowest BCUT2D eigenvalue weighted by Gasteiger charge is -2.48. The van der Waals surface area contributed by atoms with E-state index in [9.17, 15) is 29.3 Å². The van der Waals surface area contributed by atoms with Crippen molar-refractivity contribution in [2.24, 2.45) is 5.92 Å². The number of carbonyl (C=O) groups excluding carboxylic acids is 4. The molecule has 2 saturated heterocycles. The van der Waals surface area contributed by atoms with E-state index in [1.54, 1.807) is 14.1 Å². The number of likely N-dealkylation sites (tertiary alicyclic amines) is 1. The van der Waals surface area contributed by atoms with Gasteiger partial charge in [-0.05, 0) is 48.7 Å². The molecular formula is C33H46N4O9S2Si. The third kappa shape index (κ3) is 8.18. The number of carbonyl (C=O) groups is 4. The number of esters is 1. The summed E-state index contributed by atoms with van der Waals surface area (Å²) in [5, 5.41) is 10.3. The highest BCUT2D eigenvalue weighted by molar-refractivity contribution is 8.23. The molecule has 3 amide bonds. The van der Waals surface area contributed by atoms with Gasteiger partial charge in [0.1, 0.15) is 24.6 Å². The summed E-state index contributed by atoms with van der Waals surface area (Å²) in [7, 11) is 1.01. The predicted molar refractivity (Wildman–Crippen MR) is 191 cm³/mol. The van der Waals surface area contributed by atoms with Crippen molar-refractivity contribution in [3.63, 3.8) is 0 Å². The first-order valence-corrected chi connectivity index (χ1v) is 20.8. The van der Waals surface area contributed by atoms with Crippen LogP contribution in [-0.4, -0.2) is 102 Å². The van der Waals surface area contributed by atoms with E-state index >= 15 is 0 Å². The Balaban J connectivity index is 1.61. The van der Waals surface area contributed by atoms with Gasteiger partial charge in [-0.25, -0.2) is 9.59 Å². The summed E-state index contributed by atoms with van der Waals surface area (Å²) in [4.78, 5) is 68.6. The average Bonchev–Trinajstić information content (AvgIpc) is 3.60. The van der Waals surface area contributed by atoms with Crippen LogP contribution in [0.2, 0.25) is 18.1 Å². The lowest BCUT2D eigenvalue weighted by Crippen LogP contribution is -2.63. The number of ether oxygens (including phenoxy) is 2. The Morgan fingerprint density at radius 1 is 1.20 bits per heavy atom. The Bertz CT molecular complexity index is 1510. The van der Waals surface area contributed by atoms with Crippen LogP contribution in [0, 0.1) is 16.0 Å². The van der Waals surface area contributed by atoms with Crippen molar-refractivity contribution in [1.82, 2.24) is 14.7 Å². The van der Waals surface area contributed by atoms with Crippen LogP contribution < -0.4 is 0 Å². The summed E-state index contributed by atoms with van der Waals surface area (Å²) < 4.78 is 18.3. The van der Waals surface area contributed by atoms with Crippen molar-refractivity contribution in [3.05, 3.63) is 62.5 Å². The van der Waals surface area contributed by atoms with Crippen LogP contribution >= 0.6 is 23.5 Å². The number of nitrogens with zero attached hydrogens (tertiary/aromatic N) is 4. The molecule has 1 aromatic carbocycles. The second kappa shape index (κ2) is 15.3. The topological polar surface area (TPSA) is 149 Å². The fraction of sp³-hybridized carbons (Fsp3) is 0.576. The molecule has 5 atom stereocenters. The van der Waals surface area contributed by atoms with Crippen molar-refractivity contribution >= 4 is 61.4 Å². The molecule has 0 aliphatic carbocycles. The van der Waals surface area contributed by atoms with Crippen molar-refractivity contribution in [2.45, 2.75) is 88.0 Å². The molecule has 0 unspecified atom stereocenters. The van der Waals surface area contributed by atoms with Crippen LogP contribution in [0.25, 0.3) is 0 Å². The number of fused-ring (bicyclic) bond motifs is 1. The number of hydrogen-bond acceptors (Lipinski definition) is 11. The van der Waals surface area contributed by atoms with Crippen LogP contribution in [0.15, 0.2) is 46.9 Å². The second-order valence-electron chi connectivity index (χ2n) is 13.9. The zero-order valence-electron chi connectivity index (χ0n) is 29.3. The lowest BCUT2D eigenvalue weighted by molar-refractivity contribution is -0.384. The Kier molecular flexibility index (Phi) is 12.0. The first-order chi connectivity index (χ1) is 22.9. The molecule has 0 aromatic heterocycles. The molecule has 13 nitrogen and oxygen atoms in total. The minimum Gasteiger partial charge on any atom is -0.456 e. The molecule has 0 saturated carbocycles. The molecular weight excluding hydrogens is 689 g/mol. The van der Waals surface area contributed by atoms with Gasteiger partial charge >= 0.3 is 12.1 Å². The summed E-state index contributed by atoms with van der Waals surface area (Å²) in [6.45, 7) is 16.3. The smallest absolute Gasteiger partial charge is 0.410 e. The molecule has 0 N–H and O–H groups in total. The van der Waals surface area contributed by atoms with E-state index in [0.717, 1.165) is 0 Å². The normalized spacial score (nSPS) is 22.7. The van der Waals surface area contributed by atoms with Crippen molar-refractivity contribution < 1.29 is 38.0 Å². The van der Waals surface area contributed by atoms with Crippen molar-refractivity contribution in [1.29, 1.82) is 0 Å². The molecule has 16 heteroatoms. The third-order valence-electron chi connectivity index (χ3n) is 9.33. The van der Waals surface area contributed by atoms with Crippen LogP contribution in [0.4, 0.5) is 10.5 Å². The molecule has 4 rings (SSSR count). The number of hydrogen-bond donors (Lipinski definition) is 0. The molecule has 268 valence electrons. The van der Waals surface area contributed by atoms with Gasteiger partial charge in [0.25, 0.3) is 5.69 Å². The Labute approximate surface area is 297 Å². The standard InChI is InChI=1S/C33H46N4O9S2Si/c1-10-16-44-32(41)35-18-22(17-23(35)27(38)34(6)7)47-31-26(30(40)45-19-20-12-14-21(15-13-20)37(42)43)36-28(39)25(29(36)48-31)24(11-2)46-49(8,9)33(3,4)5/h10,12-15,22-25,29H,1,11,16-19H2,2-9H3/t22-,23-,24-,25+,29+/m0/s1. The van der Waals surface area contributed by atoms with Crippen LogP contribution in [-0.2, 0) is 34.9 Å². The van der Waals surface area contributed by atoms with Crippen molar-refractivity contribution in [3.8, 4) is 0 Å². The fourth-order valence-electron chi connectivity index (χ4n) is 5.60. The number of nitro groups is 1. The molecule has 3 heterocycles. The zero-order valence-corrected chi connectivity index (χ0v) is 31.9. The maximum atomic E-state index is 13.9. The number of benzene rings is 1. The molecule has 49 heavy (non-hydrogen) atoms. The van der Waals surface area contributed by atoms with Crippen LogP contribution in [0.1, 0.15) is 46.1 Å². The molecule has 0 bridgehead atoms. The molecule has 0 radical (unpaired) electrons. The number of nitro benzene ring substituents is 1. The Morgan fingerprint density at radius 3 is 2.41 bits per heavy atom. The van der Waals surface area contributed by atoms with Gasteiger partial charge in [0, 0.05) is 38.0 Å². The quantitative estimate of drug-likeness (QED) is 0.0611. The van der Waals surface area contributed by atoms with E-state index in [4.69, 9.17) is 13.9 Å². The van der Waals surface area contributed by atoms with Crippen molar-refractivity contribution in [2.75, 3.05) is 27.2 Å². The number of amides is 3. The van der Waals surface area contributed by atoms with Gasteiger partial charge in [0.05, 0.1) is 21.2 Å². The summed E-state index contributed by atoms with van der Waals surface area (Å²) in [5.74, 6) is -1.65. The monoisotopic (exact) mass is 734 g/mol. The summed E-state index contributed by atoms with van der Waals surface area (Å²) in [5.41, 5.74) is 0.583. The van der Waals surface area contributed by atoms with E-state index < -0.39 is 37.3 Å². The van der Waals surface area contributed by atoms with Gasteiger partial charge in [0.2, 0.25) is 11.8 Å².